The fourth-order valence-electron chi connectivity index (χ4n) is 2.54. The molecule has 1 fully saturated rings. The molecule has 1 heterocycles. The molecule has 0 aromatic carbocycles. The first-order valence-corrected chi connectivity index (χ1v) is 7.36. The first kappa shape index (κ1) is 15.9. The molecule has 0 radical (unpaired) electrons. The molecule has 1 rings (SSSR count). The third kappa shape index (κ3) is 7.31. The van der Waals surface area contributed by atoms with Crippen LogP contribution in [-0.2, 0) is 9.47 Å². The Bertz CT molecular complexity index is 173. The Morgan fingerprint density at radius 1 is 1.33 bits per heavy atom. The summed E-state index contributed by atoms with van der Waals surface area (Å²) in [6.07, 6.45) is 3.87. The van der Waals surface area contributed by atoms with Crippen LogP contribution in [0.15, 0.2) is 0 Å². The van der Waals surface area contributed by atoms with Gasteiger partial charge in [0, 0.05) is 40.0 Å². The van der Waals surface area contributed by atoms with E-state index in [-0.39, 0.29) is 0 Å². The van der Waals surface area contributed by atoms with E-state index in [9.17, 15) is 0 Å². The van der Waals surface area contributed by atoms with Crippen molar-refractivity contribution >= 4 is 0 Å². The molecule has 1 atom stereocenters. The van der Waals surface area contributed by atoms with E-state index in [0.717, 1.165) is 45.2 Å². The molecule has 1 aliphatic heterocycles. The van der Waals surface area contributed by atoms with Gasteiger partial charge in [0.15, 0.2) is 0 Å². The molecule has 0 saturated carbocycles. The zero-order valence-electron chi connectivity index (χ0n) is 12.1. The van der Waals surface area contributed by atoms with Crippen LogP contribution in [0.2, 0.25) is 0 Å². The van der Waals surface area contributed by atoms with Gasteiger partial charge in [-0.1, -0.05) is 0 Å². The van der Waals surface area contributed by atoms with Crippen LogP contribution in [0, 0.1) is 5.92 Å². The third-order valence-electron chi connectivity index (χ3n) is 3.49. The molecule has 108 valence electrons. The van der Waals surface area contributed by atoms with E-state index in [2.05, 4.69) is 17.1 Å². The number of piperidine rings is 1. The van der Waals surface area contributed by atoms with Gasteiger partial charge in [0.25, 0.3) is 0 Å². The number of rotatable bonds is 10. The van der Waals surface area contributed by atoms with Crippen LogP contribution in [0.1, 0.15) is 26.2 Å². The maximum absolute atomic E-state index is 5.39. The monoisotopic (exact) mass is 258 g/mol. The molecule has 1 aliphatic rings. The predicted octanol–water partition coefficient (Wildman–Crippen LogP) is 1.36. The van der Waals surface area contributed by atoms with Gasteiger partial charge in [-0.25, -0.2) is 0 Å². The number of nitrogens with zero attached hydrogens (tertiary/aromatic N) is 1. The Morgan fingerprint density at radius 2 is 2.22 bits per heavy atom. The zero-order chi connectivity index (χ0) is 13.1. The van der Waals surface area contributed by atoms with Crippen molar-refractivity contribution in [3.8, 4) is 0 Å². The smallest absolute Gasteiger partial charge is 0.0587 e. The Hall–Kier alpha value is -0.160. The SMILES string of the molecule is CCOCCCN1CCCC(CNCCOC)C1. The van der Waals surface area contributed by atoms with E-state index >= 15 is 0 Å². The number of likely N-dealkylation sites (tertiary alicyclic amines) is 1. The number of hydrogen-bond donors (Lipinski definition) is 1. The summed E-state index contributed by atoms with van der Waals surface area (Å²) in [6.45, 7) is 10.4. The van der Waals surface area contributed by atoms with Crippen LogP contribution < -0.4 is 5.32 Å². The Morgan fingerprint density at radius 3 is 3.00 bits per heavy atom. The molecule has 18 heavy (non-hydrogen) atoms. The highest BCUT2D eigenvalue weighted by atomic mass is 16.5. The van der Waals surface area contributed by atoms with Crippen LogP contribution in [0.4, 0.5) is 0 Å². The summed E-state index contributed by atoms with van der Waals surface area (Å²) in [5, 5.41) is 3.48. The van der Waals surface area contributed by atoms with E-state index in [4.69, 9.17) is 9.47 Å². The van der Waals surface area contributed by atoms with Gasteiger partial charge in [-0.05, 0) is 45.2 Å². The van der Waals surface area contributed by atoms with Crippen molar-refractivity contribution in [3.05, 3.63) is 0 Å². The molecule has 1 unspecified atom stereocenters. The van der Waals surface area contributed by atoms with Gasteiger partial charge in [-0.3, -0.25) is 0 Å². The van der Waals surface area contributed by atoms with Gasteiger partial charge in [0.1, 0.15) is 0 Å². The largest absolute Gasteiger partial charge is 0.383 e. The van der Waals surface area contributed by atoms with Crippen LogP contribution in [-0.4, -0.2) is 64.6 Å². The molecule has 4 heteroatoms. The summed E-state index contributed by atoms with van der Waals surface area (Å²) in [5.74, 6) is 0.808. The van der Waals surface area contributed by atoms with Gasteiger partial charge in [0.05, 0.1) is 6.61 Å². The van der Waals surface area contributed by atoms with Crippen molar-refractivity contribution < 1.29 is 9.47 Å². The highest BCUT2D eigenvalue weighted by molar-refractivity contribution is 4.74. The highest BCUT2D eigenvalue weighted by Gasteiger charge is 2.18. The Labute approximate surface area is 112 Å². The summed E-state index contributed by atoms with van der Waals surface area (Å²) < 4.78 is 10.4. The van der Waals surface area contributed by atoms with Crippen molar-refractivity contribution in [2.75, 3.05) is 59.7 Å². The molecule has 0 aromatic rings. The average Bonchev–Trinajstić information content (AvgIpc) is 2.40. The Balaban J connectivity index is 2.04. The van der Waals surface area contributed by atoms with Crippen LogP contribution in [0.3, 0.4) is 0 Å². The topological polar surface area (TPSA) is 33.7 Å². The fraction of sp³-hybridized carbons (Fsp3) is 1.00. The molecule has 0 bridgehead atoms. The molecule has 4 nitrogen and oxygen atoms in total. The van der Waals surface area contributed by atoms with Gasteiger partial charge < -0.3 is 19.7 Å². The normalized spacial score (nSPS) is 21.3. The second-order valence-electron chi connectivity index (χ2n) is 5.06. The molecular formula is C14H30N2O2. The molecule has 0 spiro atoms. The molecule has 1 N–H and O–H groups in total. The van der Waals surface area contributed by atoms with E-state index < -0.39 is 0 Å². The minimum absolute atomic E-state index is 0.808. The lowest BCUT2D eigenvalue weighted by atomic mass is 9.98. The van der Waals surface area contributed by atoms with Gasteiger partial charge >= 0.3 is 0 Å². The number of ether oxygens (including phenoxy) is 2. The van der Waals surface area contributed by atoms with Gasteiger partial charge in [0.2, 0.25) is 0 Å². The maximum atomic E-state index is 5.39. The summed E-state index contributed by atoms with van der Waals surface area (Å²) in [5.41, 5.74) is 0. The lowest BCUT2D eigenvalue weighted by molar-refractivity contribution is 0.116. The van der Waals surface area contributed by atoms with Crippen LogP contribution in [0.25, 0.3) is 0 Å². The van der Waals surface area contributed by atoms with Crippen molar-refractivity contribution in [2.24, 2.45) is 5.92 Å². The molecule has 0 aromatic heterocycles. The first-order valence-electron chi connectivity index (χ1n) is 7.36. The summed E-state index contributed by atoms with van der Waals surface area (Å²) >= 11 is 0. The molecule has 0 amide bonds. The van der Waals surface area contributed by atoms with Crippen molar-refractivity contribution in [1.29, 1.82) is 0 Å². The second kappa shape index (κ2) is 10.7. The Kier molecular flexibility index (Phi) is 9.48. The van der Waals surface area contributed by atoms with Gasteiger partial charge in [-0.2, -0.15) is 0 Å². The summed E-state index contributed by atoms with van der Waals surface area (Å²) in [6, 6.07) is 0. The van der Waals surface area contributed by atoms with Gasteiger partial charge in [-0.15, -0.1) is 0 Å². The highest BCUT2D eigenvalue weighted by Crippen LogP contribution is 2.15. The van der Waals surface area contributed by atoms with Crippen molar-refractivity contribution in [1.82, 2.24) is 10.2 Å². The lowest BCUT2D eigenvalue weighted by Crippen LogP contribution is -2.40. The molecule has 0 aliphatic carbocycles. The van der Waals surface area contributed by atoms with Crippen LogP contribution >= 0.6 is 0 Å². The van der Waals surface area contributed by atoms with E-state index in [1.807, 2.05) is 0 Å². The van der Waals surface area contributed by atoms with Crippen molar-refractivity contribution in [3.63, 3.8) is 0 Å². The quantitative estimate of drug-likeness (QED) is 0.600. The summed E-state index contributed by atoms with van der Waals surface area (Å²) in [7, 11) is 1.75. The number of methoxy groups -OCH3 is 1. The third-order valence-corrected chi connectivity index (χ3v) is 3.49. The number of nitrogens with one attached hydrogen (secondary N) is 1. The van der Waals surface area contributed by atoms with E-state index in [1.54, 1.807) is 7.11 Å². The average molecular weight is 258 g/mol. The second-order valence-corrected chi connectivity index (χ2v) is 5.06. The minimum atomic E-state index is 0.808. The predicted molar refractivity (Wildman–Crippen MR) is 75.0 cm³/mol. The summed E-state index contributed by atoms with van der Waals surface area (Å²) in [4.78, 5) is 2.59. The fourth-order valence-corrected chi connectivity index (χ4v) is 2.54. The minimum Gasteiger partial charge on any atom is -0.383 e. The molecular weight excluding hydrogens is 228 g/mol. The maximum Gasteiger partial charge on any atom is 0.0587 e. The van der Waals surface area contributed by atoms with E-state index in [1.165, 1.54) is 32.5 Å². The molecule has 1 saturated heterocycles. The van der Waals surface area contributed by atoms with Crippen LogP contribution in [0.5, 0.6) is 0 Å². The first-order chi connectivity index (χ1) is 8.86. The lowest BCUT2D eigenvalue weighted by Gasteiger charge is -2.32. The number of hydrogen-bond acceptors (Lipinski definition) is 4. The zero-order valence-corrected chi connectivity index (χ0v) is 12.1. The van der Waals surface area contributed by atoms with Crippen molar-refractivity contribution in [2.45, 2.75) is 26.2 Å². The standard InChI is InChI=1S/C14H30N2O2/c1-3-18-10-5-9-16-8-4-6-14(13-16)12-15-7-11-17-2/h14-15H,3-13H2,1-2H3. The van der Waals surface area contributed by atoms with E-state index in [0.29, 0.717) is 0 Å².